The fourth-order valence-electron chi connectivity index (χ4n) is 2.54. The van der Waals surface area contributed by atoms with E-state index in [-0.39, 0.29) is 30.6 Å². The summed E-state index contributed by atoms with van der Waals surface area (Å²) >= 11 is 0. The number of rotatable bonds is 7. The van der Waals surface area contributed by atoms with Crippen LogP contribution in [-0.2, 0) is 11.2 Å². The van der Waals surface area contributed by atoms with E-state index in [0.717, 1.165) is 5.56 Å². The lowest BCUT2D eigenvalue weighted by molar-refractivity contribution is -0.137. The molecule has 4 N–H and O–H groups in total. The van der Waals surface area contributed by atoms with E-state index in [1.165, 1.54) is 0 Å². The Balaban J connectivity index is 1.85. The summed E-state index contributed by atoms with van der Waals surface area (Å²) < 4.78 is 0. The van der Waals surface area contributed by atoms with Gasteiger partial charge in [-0.1, -0.05) is 30.3 Å². The minimum Gasteiger partial charge on any atom is -0.481 e. The fraction of sp³-hybridized carbons (Fsp3) is 0.500. The maximum atomic E-state index is 11.9. The molecule has 1 unspecified atom stereocenters. The maximum absolute atomic E-state index is 11.9. The largest absolute Gasteiger partial charge is 0.481 e. The Morgan fingerprint density at radius 1 is 1.23 bits per heavy atom. The average Bonchev–Trinajstić information content (AvgIpc) is 2.44. The van der Waals surface area contributed by atoms with Gasteiger partial charge in [0.2, 0.25) is 0 Å². The van der Waals surface area contributed by atoms with Gasteiger partial charge >= 0.3 is 12.0 Å². The van der Waals surface area contributed by atoms with Gasteiger partial charge in [-0.25, -0.2) is 4.79 Å². The lowest BCUT2D eigenvalue weighted by Gasteiger charge is -2.32. The fourth-order valence-corrected chi connectivity index (χ4v) is 2.54. The van der Waals surface area contributed by atoms with E-state index in [2.05, 4.69) is 10.6 Å². The monoisotopic (exact) mass is 306 g/mol. The standard InChI is InChI=1S/C16H22N2O4/c19-14-9-13(10-14)18-16(22)17-12(6-7-15(20)21)8-11-4-2-1-3-5-11/h1-5,12-14,19H,6-10H2,(H,20,21)(H2,17,18,22). The molecule has 1 aromatic rings. The van der Waals surface area contributed by atoms with E-state index in [1.54, 1.807) is 0 Å². The van der Waals surface area contributed by atoms with Crippen LogP contribution in [-0.4, -0.2) is 40.4 Å². The van der Waals surface area contributed by atoms with Gasteiger partial charge in [0.25, 0.3) is 0 Å². The number of aliphatic hydroxyl groups excluding tert-OH is 1. The minimum absolute atomic E-state index is 0.00634. The molecule has 0 aromatic heterocycles. The zero-order valence-electron chi connectivity index (χ0n) is 12.4. The third-order valence-electron chi connectivity index (χ3n) is 3.82. The molecule has 0 heterocycles. The van der Waals surface area contributed by atoms with Gasteiger partial charge in [0.05, 0.1) is 6.10 Å². The highest BCUT2D eigenvalue weighted by atomic mass is 16.4. The molecule has 0 aliphatic heterocycles. The number of carboxylic acids is 1. The van der Waals surface area contributed by atoms with Crippen LogP contribution in [0.15, 0.2) is 30.3 Å². The zero-order valence-corrected chi connectivity index (χ0v) is 12.4. The first-order valence-electron chi connectivity index (χ1n) is 7.53. The first-order chi connectivity index (χ1) is 10.5. The Labute approximate surface area is 129 Å². The number of aliphatic hydroxyl groups is 1. The van der Waals surface area contributed by atoms with Crippen molar-refractivity contribution in [3.05, 3.63) is 35.9 Å². The number of carboxylic acid groups (broad SMARTS) is 1. The SMILES string of the molecule is O=C(O)CCC(Cc1ccccc1)NC(=O)NC1CC(O)C1. The summed E-state index contributed by atoms with van der Waals surface area (Å²) in [7, 11) is 0. The van der Waals surface area contributed by atoms with Crippen molar-refractivity contribution in [1.82, 2.24) is 10.6 Å². The second-order valence-electron chi connectivity index (χ2n) is 5.76. The van der Waals surface area contributed by atoms with Crippen molar-refractivity contribution in [3.63, 3.8) is 0 Å². The van der Waals surface area contributed by atoms with Crippen molar-refractivity contribution < 1.29 is 19.8 Å². The lowest BCUT2D eigenvalue weighted by Crippen LogP contribution is -2.52. The first kappa shape index (κ1) is 16.3. The molecule has 22 heavy (non-hydrogen) atoms. The molecule has 0 spiro atoms. The molecule has 1 aliphatic carbocycles. The molecule has 2 rings (SSSR count). The molecule has 1 fully saturated rings. The molecular weight excluding hydrogens is 284 g/mol. The van der Waals surface area contributed by atoms with Gasteiger partial charge in [-0.05, 0) is 31.2 Å². The van der Waals surface area contributed by atoms with Crippen molar-refractivity contribution in [2.24, 2.45) is 0 Å². The van der Waals surface area contributed by atoms with Crippen molar-refractivity contribution in [1.29, 1.82) is 0 Å². The van der Waals surface area contributed by atoms with Crippen LogP contribution >= 0.6 is 0 Å². The van der Waals surface area contributed by atoms with Crippen molar-refractivity contribution in [3.8, 4) is 0 Å². The number of urea groups is 1. The van der Waals surface area contributed by atoms with Gasteiger partial charge in [-0.2, -0.15) is 0 Å². The summed E-state index contributed by atoms with van der Waals surface area (Å²) in [5.41, 5.74) is 1.05. The van der Waals surface area contributed by atoms with Gasteiger partial charge in [-0.3, -0.25) is 4.79 Å². The summed E-state index contributed by atoms with van der Waals surface area (Å²) in [5, 5.41) is 23.7. The number of aliphatic carboxylic acids is 1. The molecule has 1 atom stereocenters. The molecular formula is C16H22N2O4. The summed E-state index contributed by atoms with van der Waals surface area (Å²) in [5.74, 6) is -0.873. The smallest absolute Gasteiger partial charge is 0.315 e. The van der Waals surface area contributed by atoms with Crippen LogP contribution in [0.5, 0.6) is 0 Å². The van der Waals surface area contributed by atoms with Gasteiger partial charge < -0.3 is 20.8 Å². The summed E-state index contributed by atoms with van der Waals surface area (Å²) in [6.45, 7) is 0. The molecule has 1 aromatic carbocycles. The number of amides is 2. The number of carbonyl (C=O) groups excluding carboxylic acids is 1. The van der Waals surface area contributed by atoms with E-state index in [1.807, 2.05) is 30.3 Å². The topological polar surface area (TPSA) is 98.7 Å². The van der Waals surface area contributed by atoms with Crippen LogP contribution in [0.2, 0.25) is 0 Å². The highest BCUT2D eigenvalue weighted by Crippen LogP contribution is 2.19. The normalized spacial score (nSPS) is 21.5. The van der Waals surface area contributed by atoms with Crippen molar-refractivity contribution in [2.45, 2.75) is 50.3 Å². The number of nitrogens with one attached hydrogen (secondary N) is 2. The molecule has 1 aliphatic rings. The predicted octanol–water partition coefficient (Wildman–Crippen LogP) is 1.28. The molecule has 120 valence electrons. The van der Waals surface area contributed by atoms with E-state index >= 15 is 0 Å². The second-order valence-corrected chi connectivity index (χ2v) is 5.76. The lowest BCUT2D eigenvalue weighted by atomic mass is 9.90. The van der Waals surface area contributed by atoms with E-state index < -0.39 is 5.97 Å². The molecule has 6 heteroatoms. The Kier molecular flexibility index (Phi) is 5.77. The Bertz CT molecular complexity index is 500. The van der Waals surface area contributed by atoms with Crippen molar-refractivity contribution in [2.75, 3.05) is 0 Å². The third-order valence-corrected chi connectivity index (χ3v) is 3.82. The molecule has 6 nitrogen and oxygen atoms in total. The molecule has 2 amide bonds. The minimum atomic E-state index is -0.873. The van der Waals surface area contributed by atoms with Crippen LogP contribution < -0.4 is 10.6 Å². The Morgan fingerprint density at radius 2 is 1.91 bits per heavy atom. The van der Waals surface area contributed by atoms with E-state index in [0.29, 0.717) is 25.7 Å². The van der Waals surface area contributed by atoms with Gasteiger partial charge in [0.15, 0.2) is 0 Å². The quantitative estimate of drug-likeness (QED) is 0.610. The second kappa shape index (κ2) is 7.79. The van der Waals surface area contributed by atoms with Crippen LogP contribution in [0.3, 0.4) is 0 Å². The van der Waals surface area contributed by atoms with E-state index in [9.17, 15) is 14.7 Å². The molecule has 0 saturated heterocycles. The van der Waals surface area contributed by atoms with Gasteiger partial charge in [0.1, 0.15) is 0 Å². The Morgan fingerprint density at radius 3 is 2.50 bits per heavy atom. The molecule has 1 saturated carbocycles. The van der Waals surface area contributed by atoms with E-state index in [4.69, 9.17) is 5.11 Å². The average molecular weight is 306 g/mol. The van der Waals surface area contributed by atoms with Gasteiger partial charge in [-0.15, -0.1) is 0 Å². The number of benzene rings is 1. The highest BCUT2D eigenvalue weighted by molar-refractivity contribution is 5.75. The van der Waals surface area contributed by atoms with Crippen LogP contribution in [0.4, 0.5) is 4.79 Å². The first-order valence-corrected chi connectivity index (χ1v) is 7.53. The van der Waals surface area contributed by atoms with Crippen molar-refractivity contribution >= 4 is 12.0 Å². The Hall–Kier alpha value is -2.08. The van der Waals surface area contributed by atoms with Gasteiger partial charge in [0, 0.05) is 18.5 Å². The molecule has 0 radical (unpaired) electrons. The molecule has 0 bridgehead atoms. The summed E-state index contributed by atoms with van der Waals surface area (Å²) in [6, 6.07) is 9.13. The highest BCUT2D eigenvalue weighted by Gasteiger charge is 2.28. The maximum Gasteiger partial charge on any atom is 0.315 e. The van der Waals surface area contributed by atoms with Crippen LogP contribution in [0.1, 0.15) is 31.2 Å². The zero-order chi connectivity index (χ0) is 15.9. The number of carbonyl (C=O) groups is 2. The summed E-state index contributed by atoms with van der Waals surface area (Å²) in [6.07, 6.45) is 1.81. The number of hydrogen-bond donors (Lipinski definition) is 4. The predicted molar refractivity (Wildman–Crippen MR) is 81.5 cm³/mol. The summed E-state index contributed by atoms with van der Waals surface area (Å²) in [4.78, 5) is 22.7. The van der Waals surface area contributed by atoms with Crippen LogP contribution in [0, 0.1) is 0 Å². The number of hydrogen-bond acceptors (Lipinski definition) is 3. The van der Waals surface area contributed by atoms with Crippen LogP contribution in [0.25, 0.3) is 0 Å². The third kappa shape index (κ3) is 5.37.